The molecule has 1 aromatic rings. The molecule has 0 radical (unpaired) electrons. The van der Waals surface area contributed by atoms with Gasteiger partial charge in [-0.2, -0.15) is 0 Å². The van der Waals surface area contributed by atoms with Crippen LogP contribution in [0.5, 0.6) is 0 Å². The molecule has 1 fully saturated rings. The summed E-state index contributed by atoms with van der Waals surface area (Å²) in [6.45, 7) is 8.23. The van der Waals surface area contributed by atoms with Crippen molar-refractivity contribution < 1.29 is 4.39 Å². The van der Waals surface area contributed by atoms with Crippen LogP contribution in [0.4, 0.5) is 15.8 Å². The Morgan fingerprint density at radius 3 is 2.41 bits per heavy atom. The summed E-state index contributed by atoms with van der Waals surface area (Å²) in [5, 5.41) is 0. The van der Waals surface area contributed by atoms with Crippen LogP contribution in [0.2, 0.25) is 0 Å². The lowest BCUT2D eigenvalue weighted by Crippen LogP contribution is -2.49. The fourth-order valence-corrected chi connectivity index (χ4v) is 2.27. The molecule has 4 heteroatoms. The Kier molecular flexibility index (Phi) is 3.52. The van der Waals surface area contributed by atoms with Gasteiger partial charge in [-0.25, -0.2) is 4.39 Å². The van der Waals surface area contributed by atoms with Crippen LogP contribution >= 0.6 is 0 Å². The zero-order valence-corrected chi connectivity index (χ0v) is 10.5. The Balaban J connectivity index is 2.07. The number of hydrogen-bond acceptors (Lipinski definition) is 3. The second-order valence-electron chi connectivity index (χ2n) is 4.82. The molecule has 0 aromatic heterocycles. The van der Waals surface area contributed by atoms with Crippen molar-refractivity contribution in [3.05, 3.63) is 24.0 Å². The molecule has 2 N–H and O–H groups in total. The van der Waals surface area contributed by atoms with Crippen LogP contribution in [0.3, 0.4) is 0 Å². The van der Waals surface area contributed by atoms with E-state index in [-0.39, 0.29) is 5.82 Å². The van der Waals surface area contributed by atoms with E-state index in [9.17, 15) is 4.39 Å². The predicted molar refractivity (Wildman–Crippen MR) is 69.7 cm³/mol. The lowest BCUT2D eigenvalue weighted by Gasteiger charge is -2.38. The highest BCUT2D eigenvalue weighted by Gasteiger charge is 2.20. The van der Waals surface area contributed by atoms with Gasteiger partial charge in [-0.15, -0.1) is 0 Å². The highest BCUT2D eigenvalue weighted by molar-refractivity contribution is 5.67. The lowest BCUT2D eigenvalue weighted by atomic mass is 10.2. The first-order valence-corrected chi connectivity index (χ1v) is 6.12. The smallest absolute Gasteiger partial charge is 0.125 e. The number of benzene rings is 1. The van der Waals surface area contributed by atoms with Crippen molar-refractivity contribution in [1.29, 1.82) is 0 Å². The number of nitrogens with zero attached hydrogens (tertiary/aromatic N) is 2. The Bertz CT molecular complexity index is 384. The molecular weight excluding hydrogens is 217 g/mol. The van der Waals surface area contributed by atoms with E-state index in [0.717, 1.165) is 31.9 Å². The summed E-state index contributed by atoms with van der Waals surface area (Å²) < 4.78 is 13.2. The van der Waals surface area contributed by atoms with E-state index < -0.39 is 0 Å². The highest BCUT2D eigenvalue weighted by Crippen LogP contribution is 2.25. The van der Waals surface area contributed by atoms with Gasteiger partial charge in [0.05, 0.1) is 11.4 Å². The fraction of sp³-hybridized carbons (Fsp3) is 0.538. The van der Waals surface area contributed by atoms with Crippen LogP contribution in [0.25, 0.3) is 0 Å². The molecule has 17 heavy (non-hydrogen) atoms. The third kappa shape index (κ3) is 2.69. The molecule has 94 valence electrons. The van der Waals surface area contributed by atoms with E-state index in [4.69, 9.17) is 5.73 Å². The maximum Gasteiger partial charge on any atom is 0.125 e. The van der Waals surface area contributed by atoms with E-state index in [2.05, 4.69) is 23.6 Å². The summed E-state index contributed by atoms with van der Waals surface area (Å²) in [7, 11) is 0. The molecule has 1 saturated heterocycles. The molecule has 0 spiro atoms. The Hall–Kier alpha value is -1.29. The van der Waals surface area contributed by atoms with Gasteiger partial charge in [-0.1, -0.05) is 0 Å². The van der Waals surface area contributed by atoms with Gasteiger partial charge in [0.25, 0.3) is 0 Å². The fourth-order valence-electron chi connectivity index (χ4n) is 2.27. The van der Waals surface area contributed by atoms with Gasteiger partial charge in [0.15, 0.2) is 0 Å². The van der Waals surface area contributed by atoms with Gasteiger partial charge in [-0.05, 0) is 32.0 Å². The third-order valence-electron chi connectivity index (χ3n) is 3.38. The molecule has 0 aliphatic carbocycles. The summed E-state index contributed by atoms with van der Waals surface area (Å²) >= 11 is 0. The first kappa shape index (κ1) is 12.2. The van der Waals surface area contributed by atoms with E-state index in [1.54, 1.807) is 6.07 Å². The maximum absolute atomic E-state index is 13.2. The minimum Gasteiger partial charge on any atom is -0.397 e. The monoisotopic (exact) mass is 237 g/mol. The summed E-state index contributed by atoms with van der Waals surface area (Å²) in [5.41, 5.74) is 7.38. The molecular formula is C13H20FN3. The van der Waals surface area contributed by atoms with Gasteiger partial charge >= 0.3 is 0 Å². The second kappa shape index (κ2) is 4.92. The van der Waals surface area contributed by atoms with Gasteiger partial charge < -0.3 is 10.6 Å². The Morgan fingerprint density at radius 1 is 1.18 bits per heavy atom. The summed E-state index contributed by atoms with van der Waals surface area (Å²) in [5.74, 6) is -0.222. The summed E-state index contributed by atoms with van der Waals surface area (Å²) in [6.07, 6.45) is 0. The van der Waals surface area contributed by atoms with Gasteiger partial charge in [0, 0.05) is 32.2 Å². The van der Waals surface area contributed by atoms with Crippen molar-refractivity contribution in [1.82, 2.24) is 4.90 Å². The number of piperazine rings is 1. The average molecular weight is 237 g/mol. The molecule has 3 nitrogen and oxygen atoms in total. The van der Waals surface area contributed by atoms with Crippen LogP contribution in [0, 0.1) is 5.82 Å². The van der Waals surface area contributed by atoms with Crippen LogP contribution in [-0.4, -0.2) is 37.1 Å². The van der Waals surface area contributed by atoms with Crippen LogP contribution in [-0.2, 0) is 0 Å². The standard InChI is InChI=1S/C13H20FN3/c1-10(2)16-5-7-17(8-6-16)13-9-11(14)3-4-12(13)15/h3-4,9-10H,5-8,15H2,1-2H3. The van der Waals surface area contributed by atoms with Crippen LogP contribution in [0.1, 0.15) is 13.8 Å². The molecule has 0 saturated carbocycles. The Morgan fingerprint density at radius 2 is 1.82 bits per heavy atom. The number of rotatable bonds is 2. The summed E-state index contributed by atoms with van der Waals surface area (Å²) in [6, 6.07) is 5.14. The molecule has 0 unspecified atom stereocenters. The van der Waals surface area contributed by atoms with Crippen molar-refractivity contribution in [3.63, 3.8) is 0 Å². The molecule has 2 rings (SSSR count). The normalized spacial score (nSPS) is 17.8. The second-order valence-corrected chi connectivity index (χ2v) is 4.82. The number of anilines is 2. The largest absolute Gasteiger partial charge is 0.397 e. The molecule has 0 amide bonds. The maximum atomic E-state index is 13.2. The van der Waals surface area contributed by atoms with Crippen LogP contribution in [0.15, 0.2) is 18.2 Å². The van der Waals surface area contributed by atoms with Crippen molar-refractivity contribution in [2.45, 2.75) is 19.9 Å². The van der Waals surface area contributed by atoms with E-state index in [1.807, 2.05) is 0 Å². The van der Waals surface area contributed by atoms with Crippen LogP contribution < -0.4 is 10.6 Å². The van der Waals surface area contributed by atoms with Gasteiger partial charge in [-0.3, -0.25) is 4.90 Å². The molecule has 0 atom stereocenters. The van der Waals surface area contributed by atoms with Crippen molar-refractivity contribution in [2.24, 2.45) is 0 Å². The first-order valence-electron chi connectivity index (χ1n) is 6.12. The minimum atomic E-state index is -0.222. The number of hydrogen-bond donors (Lipinski definition) is 1. The van der Waals surface area contributed by atoms with E-state index in [0.29, 0.717) is 11.7 Å². The molecule has 1 aliphatic heterocycles. The van der Waals surface area contributed by atoms with Gasteiger partial charge in [0.2, 0.25) is 0 Å². The average Bonchev–Trinajstić information content (AvgIpc) is 2.32. The topological polar surface area (TPSA) is 32.5 Å². The Labute approximate surface area is 102 Å². The van der Waals surface area contributed by atoms with E-state index >= 15 is 0 Å². The SMILES string of the molecule is CC(C)N1CCN(c2cc(F)ccc2N)CC1. The van der Waals surface area contributed by atoms with Crippen molar-refractivity contribution in [2.75, 3.05) is 36.8 Å². The molecule has 1 heterocycles. The number of nitrogen functional groups attached to an aromatic ring is 1. The zero-order chi connectivity index (χ0) is 12.4. The number of halogens is 1. The molecule has 1 aromatic carbocycles. The van der Waals surface area contributed by atoms with Crippen molar-refractivity contribution >= 4 is 11.4 Å². The third-order valence-corrected chi connectivity index (χ3v) is 3.38. The molecule has 1 aliphatic rings. The summed E-state index contributed by atoms with van der Waals surface area (Å²) in [4.78, 5) is 4.59. The minimum absolute atomic E-state index is 0.222. The quantitative estimate of drug-likeness (QED) is 0.798. The molecule has 0 bridgehead atoms. The number of nitrogens with two attached hydrogens (primary N) is 1. The van der Waals surface area contributed by atoms with Crippen molar-refractivity contribution in [3.8, 4) is 0 Å². The lowest BCUT2D eigenvalue weighted by molar-refractivity contribution is 0.209. The zero-order valence-electron chi connectivity index (χ0n) is 10.5. The highest BCUT2D eigenvalue weighted by atomic mass is 19.1. The van der Waals surface area contributed by atoms with Gasteiger partial charge in [0.1, 0.15) is 5.82 Å². The first-order chi connectivity index (χ1) is 8.08. The van der Waals surface area contributed by atoms with E-state index in [1.165, 1.54) is 12.1 Å². The predicted octanol–water partition coefficient (Wildman–Crippen LogP) is 1.94.